The number of rotatable bonds is 0. The number of allylic oxidation sites excluding steroid dienone is 2. The van der Waals surface area contributed by atoms with Crippen LogP contribution < -0.4 is 0 Å². The van der Waals surface area contributed by atoms with E-state index in [1.165, 1.54) is 0 Å². The van der Waals surface area contributed by atoms with Crippen molar-refractivity contribution < 1.29 is 9.59 Å². The molecular formula is C12H12O2. The number of hydrogen-bond acceptors (Lipinski definition) is 2. The summed E-state index contributed by atoms with van der Waals surface area (Å²) in [6.45, 7) is 0. The van der Waals surface area contributed by atoms with Gasteiger partial charge in [0.05, 0.1) is 0 Å². The fourth-order valence-corrected chi connectivity index (χ4v) is 4.49. The van der Waals surface area contributed by atoms with E-state index in [4.69, 9.17) is 0 Å². The Morgan fingerprint density at radius 2 is 1.36 bits per heavy atom. The Kier molecular flexibility index (Phi) is 1.07. The van der Waals surface area contributed by atoms with Gasteiger partial charge in [-0.3, -0.25) is 9.59 Å². The molecule has 4 bridgehead atoms. The highest BCUT2D eigenvalue weighted by molar-refractivity contribution is 5.98. The molecule has 4 aliphatic carbocycles. The third-order valence-electron chi connectivity index (χ3n) is 4.91. The molecule has 0 aromatic carbocycles. The molecule has 72 valence electrons. The second kappa shape index (κ2) is 2.02. The Bertz CT molecular complexity index is 348. The summed E-state index contributed by atoms with van der Waals surface area (Å²) in [5.74, 6) is 2.42. The molecule has 4 rings (SSSR count). The summed E-state index contributed by atoms with van der Waals surface area (Å²) in [4.78, 5) is 23.7. The molecule has 0 aromatic rings. The molecule has 6 atom stereocenters. The molecule has 6 unspecified atom stereocenters. The van der Waals surface area contributed by atoms with Gasteiger partial charge in [0.1, 0.15) is 11.6 Å². The second-order valence-electron chi connectivity index (χ2n) is 5.19. The number of fused-ring (bicyclic) bond motifs is 9. The highest BCUT2D eigenvalue weighted by Crippen LogP contribution is 2.62. The molecule has 3 fully saturated rings. The lowest BCUT2D eigenvalue weighted by molar-refractivity contribution is -0.124. The minimum atomic E-state index is 0.115. The Morgan fingerprint density at radius 3 is 1.86 bits per heavy atom. The third kappa shape index (κ3) is 0.554. The number of Topliss-reactive ketones (excluding diaryl/α,β-unsaturated/α-hetero) is 2. The fourth-order valence-electron chi connectivity index (χ4n) is 4.49. The van der Waals surface area contributed by atoms with E-state index in [2.05, 4.69) is 12.2 Å². The molecule has 0 saturated heterocycles. The predicted molar refractivity (Wildman–Crippen MR) is 49.3 cm³/mol. The molecule has 0 spiro atoms. The Balaban J connectivity index is 1.88. The summed E-state index contributed by atoms with van der Waals surface area (Å²) in [6, 6.07) is 0. The number of hydrogen-bond donors (Lipinski definition) is 0. The number of carbonyl (C=O) groups is 2. The van der Waals surface area contributed by atoms with Crippen molar-refractivity contribution in [2.24, 2.45) is 35.5 Å². The quantitative estimate of drug-likeness (QED) is 0.423. The maximum Gasteiger partial charge on any atom is 0.147 e. The molecule has 4 aliphatic rings. The number of carbonyl (C=O) groups excluding carboxylic acids is 2. The molecule has 2 nitrogen and oxygen atoms in total. The van der Waals surface area contributed by atoms with Crippen molar-refractivity contribution in [2.75, 3.05) is 0 Å². The Hall–Kier alpha value is -0.920. The van der Waals surface area contributed by atoms with Gasteiger partial charge in [0.15, 0.2) is 0 Å². The fraction of sp³-hybridized carbons (Fsp3) is 0.667. The second-order valence-corrected chi connectivity index (χ2v) is 5.19. The average molecular weight is 188 g/mol. The van der Waals surface area contributed by atoms with Gasteiger partial charge in [-0.15, -0.1) is 0 Å². The van der Waals surface area contributed by atoms with Crippen molar-refractivity contribution in [3.05, 3.63) is 12.2 Å². The van der Waals surface area contributed by atoms with Crippen LogP contribution in [0.4, 0.5) is 0 Å². The van der Waals surface area contributed by atoms with Crippen LogP contribution in [0.1, 0.15) is 12.8 Å². The molecule has 3 saturated carbocycles. The van der Waals surface area contributed by atoms with E-state index in [1.807, 2.05) is 0 Å². The van der Waals surface area contributed by atoms with Crippen LogP contribution in [0.25, 0.3) is 0 Å². The van der Waals surface area contributed by atoms with Crippen LogP contribution >= 0.6 is 0 Å². The van der Waals surface area contributed by atoms with Crippen LogP contribution in [0, 0.1) is 35.5 Å². The molecule has 0 amide bonds. The first-order valence-corrected chi connectivity index (χ1v) is 5.55. The molecule has 0 heterocycles. The van der Waals surface area contributed by atoms with E-state index < -0.39 is 0 Å². The zero-order valence-electron chi connectivity index (χ0n) is 7.85. The maximum atomic E-state index is 11.9. The van der Waals surface area contributed by atoms with Gasteiger partial charge in [0.25, 0.3) is 0 Å². The molecule has 0 N–H and O–H groups in total. The Labute approximate surface area is 82.4 Å². The molecular weight excluding hydrogens is 176 g/mol. The van der Waals surface area contributed by atoms with Gasteiger partial charge in [-0.1, -0.05) is 12.2 Å². The lowest BCUT2D eigenvalue weighted by Crippen LogP contribution is -2.25. The first-order valence-electron chi connectivity index (χ1n) is 5.55. The van der Waals surface area contributed by atoms with Gasteiger partial charge in [-0.05, 0) is 24.7 Å². The lowest BCUT2D eigenvalue weighted by Gasteiger charge is -2.28. The van der Waals surface area contributed by atoms with Crippen LogP contribution in [-0.2, 0) is 9.59 Å². The third-order valence-corrected chi connectivity index (χ3v) is 4.91. The molecule has 0 aromatic heterocycles. The maximum absolute atomic E-state index is 11.9. The van der Waals surface area contributed by atoms with E-state index in [1.54, 1.807) is 0 Å². The van der Waals surface area contributed by atoms with Gasteiger partial charge in [0.2, 0.25) is 0 Å². The van der Waals surface area contributed by atoms with Crippen LogP contribution in [-0.4, -0.2) is 11.6 Å². The van der Waals surface area contributed by atoms with E-state index in [0.717, 1.165) is 12.8 Å². The highest BCUT2D eigenvalue weighted by atomic mass is 16.1. The molecule has 0 radical (unpaired) electrons. The predicted octanol–water partition coefficient (Wildman–Crippen LogP) is 1.21. The topological polar surface area (TPSA) is 34.1 Å². The molecule has 2 heteroatoms. The van der Waals surface area contributed by atoms with Crippen molar-refractivity contribution in [3.8, 4) is 0 Å². The zero-order valence-corrected chi connectivity index (χ0v) is 7.85. The van der Waals surface area contributed by atoms with Crippen LogP contribution in [0.5, 0.6) is 0 Å². The summed E-state index contributed by atoms with van der Waals surface area (Å²) in [7, 11) is 0. The smallest absolute Gasteiger partial charge is 0.147 e. The summed E-state index contributed by atoms with van der Waals surface area (Å²) in [5, 5.41) is 0. The largest absolute Gasteiger partial charge is 0.299 e. The minimum absolute atomic E-state index is 0.115. The van der Waals surface area contributed by atoms with E-state index in [0.29, 0.717) is 23.4 Å². The summed E-state index contributed by atoms with van der Waals surface area (Å²) in [5.41, 5.74) is 0. The van der Waals surface area contributed by atoms with Gasteiger partial charge in [0, 0.05) is 23.7 Å². The standard InChI is InChI=1S/C12H12O2/c13-11-5-1-2-6(11)10-8-4-3-7(9(5)10)12(8)14/h1-2,5-10H,3-4H2. The normalized spacial score (nSPS) is 57.4. The summed E-state index contributed by atoms with van der Waals surface area (Å²) < 4.78 is 0. The van der Waals surface area contributed by atoms with Crippen LogP contribution in [0.3, 0.4) is 0 Å². The first kappa shape index (κ1) is 7.38. The van der Waals surface area contributed by atoms with Gasteiger partial charge in [-0.2, -0.15) is 0 Å². The molecule has 0 aliphatic heterocycles. The zero-order chi connectivity index (χ0) is 9.45. The lowest BCUT2D eigenvalue weighted by atomic mass is 9.73. The number of ketones is 2. The average Bonchev–Trinajstić information content (AvgIpc) is 2.87. The minimum Gasteiger partial charge on any atom is -0.299 e. The Morgan fingerprint density at radius 1 is 0.857 bits per heavy atom. The van der Waals surface area contributed by atoms with Gasteiger partial charge < -0.3 is 0 Å². The van der Waals surface area contributed by atoms with Gasteiger partial charge in [-0.25, -0.2) is 0 Å². The van der Waals surface area contributed by atoms with Crippen LogP contribution in [0.2, 0.25) is 0 Å². The van der Waals surface area contributed by atoms with Crippen molar-refractivity contribution in [2.45, 2.75) is 12.8 Å². The summed E-state index contributed by atoms with van der Waals surface area (Å²) >= 11 is 0. The van der Waals surface area contributed by atoms with Crippen molar-refractivity contribution in [1.29, 1.82) is 0 Å². The van der Waals surface area contributed by atoms with Gasteiger partial charge >= 0.3 is 0 Å². The van der Waals surface area contributed by atoms with E-state index in [-0.39, 0.29) is 23.7 Å². The van der Waals surface area contributed by atoms with Crippen molar-refractivity contribution in [3.63, 3.8) is 0 Å². The molecule has 14 heavy (non-hydrogen) atoms. The summed E-state index contributed by atoms with van der Waals surface area (Å²) in [6.07, 6.45) is 6.22. The highest BCUT2D eigenvalue weighted by Gasteiger charge is 2.65. The van der Waals surface area contributed by atoms with Crippen molar-refractivity contribution in [1.82, 2.24) is 0 Å². The monoisotopic (exact) mass is 188 g/mol. The SMILES string of the molecule is O=C1C2C=CC1C1C3CCC(C3=O)C21. The van der Waals surface area contributed by atoms with Crippen molar-refractivity contribution >= 4 is 11.6 Å². The first-order chi connectivity index (χ1) is 6.79. The van der Waals surface area contributed by atoms with E-state index in [9.17, 15) is 9.59 Å². The van der Waals surface area contributed by atoms with Crippen LogP contribution in [0.15, 0.2) is 12.2 Å². The van der Waals surface area contributed by atoms with E-state index >= 15 is 0 Å².